The highest BCUT2D eigenvalue weighted by atomic mass is 16.5. The lowest BCUT2D eigenvalue weighted by atomic mass is 10.00. The maximum atomic E-state index is 12.7. The maximum Gasteiger partial charge on any atom is 0.343 e. The van der Waals surface area contributed by atoms with Crippen LogP contribution in [0.5, 0.6) is 17.2 Å². The first kappa shape index (κ1) is 48.2. The van der Waals surface area contributed by atoms with E-state index in [9.17, 15) is 19.2 Å². The Balaban J connectivity index is 0.000000477. The Morgan fingerprint density at radius 3 is 1.43 bits per heavy atom. The predicted octanol–water partition coefficient (Wildman–Crippen LogP) is 11.4. The van der Waals surface area contributed by atoms with Gasteiger partial charge in [-0.2, -0.15) is 0 Å². The summed E-state index contributed by atoms with van der Waals surface area (Å²) in [5.74, 6) is 0.0805. The van der Waals surface area contributed by atoms with Gasteiger partial charge in [-0.15, -0.1) is 0 Å². The van der Waals surface area contributed by atoms with Gasteiger partial charge in [0.05, 0.1) is 38.6 Å². The van der Waals surface area contributed by atoms with E-state index in [-0.39, 0.29) is 19.2 Å². The Labute approximate surface area is 355 Å². The number of hydrogen-bond donors (Lipinski definition) is 0. The molecule has 0 aliphatic rings. The second-order valence-corrected chi connectivity index (χ2v) is 13.9. The molecule has 10 heteroatoms. The second-order valence-electron chi connectivity index (χ2n) is 13.9. The van der Waals surface area contributed by atoms with Crippen LogP contribution in [0.2, 0.25) is 0 Å². The van der Waals surface area contributed by atoms with E-state index in [0.717, 1.165) is 46.2 Å². The molecule has 0 amide bonds. The van der Waals surface area contributed by atoms with E-state index in [2.05, 4.69) is 32.7 Å². The third-order valence-corrected chi connectivity index (χ3v) is 9.15. The molecule has 4 rings (SSSR count). The van der Waals surface area contributed by atoms with Gasteiger partial charge in [0.1, 0.15) is 17.2 Å². The molecule has 0 saturated heterocycles. The first-order valence-corrected chi connectivity index (χ1v) is 20.9. The molecular formula is C50H60O10. The number of rotatable bonds is 27. The average molecular weight is 821 g/mol. The van der Waals surface area contributed by atoms with Crippen LogP contribution in [-0.2, 0) is 28.6 Å². The van der Waals surface area contributed by atoms with E-state index in [4.69, 9.17) is 28.4 Å². The molecule has 0 radical (unpaired) electrons. The molecule has 4 aromatic carbocycles. The van der Waals surface area contributed by atoms with Crippen LogP contribution in [0.4, 0.5) is 0 Å². The van der Waals surface area contributed by atoms with Crippen LogP contribution in [0.1, 0.15) is 94.3 Å². The molecule has 0 N–H and O–H groups in total. The Morgan fingerprint density at radius 2 is 0.883 bits per heavy atom. The fourth-order valence-electron chi connectivity index (χ4n) is 5.84. The first-order valence-electron chi connectivity index (χ1n) is 20.9. The Hall–Kier alpha value is -6.16. The van der Waals surface area contributed by atoms with Crippen molar-refractivity contribution < 1.29 is 47.6 Å². The number of hydrogen-bond acceptors (Lipinski definition) is 10. The lowest BCUT2D eigenvalue weighted by Gasteiger charge is -2.10. The van der Waals surface area contributed by atoms with E-state index in [0.29, 0.717) is 49.7 Å². The zero-order valence-electron chi connectivity index (χ0n) is 35.0. The largest absolute Gasteiger partial charge is 0.493 e. The molecule has 0 atom stereocenters. The SMILES string of the molecule is C=CC(=O)OCCCCCCCCCCCC.C=CC(=O)OCCCOc1ccc(OC(=O)c2ccc(-c3ccc4cc(OCCCOC(=O)C=C)ccc4c3)cc2)cc1. The van der Waals surface area contributed by atoms with Crippen LogP contribution in [0.15, 0.2) is 123 Å². The molecule has 0 unspecified atom stereocenters. The number of esters is 4. The van der Waals surface area contributed by atoms with Crippen LogP contribution < -0.4 is 14.2 Å². The van der Waals surface area contributed by atoms with Crippen molar-refractivity contribution in [2.75, 3.05) is 33.0 Å². The van der Waals surface area contributed by atoms with Crippen molar-refractivity contribution in [1.82, 2.24) is 0 Å². The fourth-order valence-corrected chi connectivity index (χ4v) is 5.84. The van der Waals surface area contributed by atoms with Crippen molar-refractivity contribution in [3.8, 4) is 28.4 Å². The standard InChI is InChI=1S/C35H32O8.C15H28O2/c1-3-33(36)41-21-5-19-39-30-15-17-31(18-16-30)43-35(38)26-9-7-25(8-10-26)27-11-12-29-24-32(14-13-28(29)23-27)40-20-6-22-42-34(37)4-2;1-3-5-6-7-8-9-10-11-12-13-14-17-15(16)4-2/h3-4,7-18,23-24H,1-2,5-6,19-22H2;4H,2-3,5-14H2,1H3. The average Bonchev–Trinajstić information content (AvgIpc) is 3.28. The van der Waals surface area contributed by atoms with Crippen molar-refractivity contribution in [2.45, 2.75) is 84.0 Å². The minimum Gasteiger partial charge on any atom is -0.493 e. The molecule has 320 valence electrons. The van der Waals surface area contributed by atoms with E-state index < -0.39 is 17.9 Å². The van der Waals surface area contributed by atoms with Gasteiger partial charge < -0.3 is 28.4 Å². The summed E-state index contributed by atoms with van der Waals surface area (Å²) in [5, 5.41) is 2.08. The zero-order valence-corrected chi connectivity index (χ0v) is 35.0. The first-order chi connectivity index (χ1) is 29.3. The van der Waals surface area contributed by atoms with E-state index in [1.165, 1.54) is 63.9 Å². The molecule has 0 spiro atoms. The van der Waals surface area contributed by atoms with Gasteiger partial charge in [0.25, 0.3) is 0 Å². The van der Waals surface area contributed by atoms with Crippen LogP contribution in [-0.4, -0.2) is 56.9 Å². The van der Waals surface area contributed by atoms with Crippen LogP contribution in [0.25, 0.3) is 21.9 Å². The summed E-state index contributed by atoms with van der Waals surface area (Å²) in [4.78, 5) is 45.5. The molecule has 0 aromatic heterocycles. The Morgan fingerprint density at radius 1 is 0.450 bits per heavy atom. The van der Waals surface area contributed by atoms with Gasteiger partial charge in [-0.3, -0.25) is 0 Å². The van der Waals surface area contributed by atoms with Gasteiger partial charge in [0.15, 0.2) is 0 Å². The van der Waals surface area contributed by atoms with Crippen molar-refractivity contribution in [2.24, 2.45) is 0 Å². The molecule has 0 aliphatic heterocycles. The maximum absolute atomic E-state index is 12.7. The van der Waals surface area contributed by atoms with Gasteiger partial charge in [-0.1, -0.05) is 115 Å². The predicted molar refractivity (Wildman–Crippen MR) is 236 cm³/mol. The molecule has 0 aliphatic carbocycles. The number of unbranched alkanes of at least 4 members (excludes halogenated alkanes) is 9. The van der Waals surface area contributed by atoms with Gasteiger partial charge >= 0.3 is 23.9 Å². The van der Waals surface area contributed by atoms with Gasteiger partial charge in [0.2, 0.25) is 0 Å². The summed E-state index contributed by atoms with van der Waals surface area (Å²) < 4.78 is 31.7. The molecule has 0 saturated carbocycles. The van der Waals surface area contributed by atoms with E-state index in [1.54, 1.807) is 36.4 Å². The molecule has 0 heterocycles. The van der Waals surface area contributed by atoms with Gasteiger partial charge in [-0.05, 0) is 82.9 Å². The molecule has 60 heavy (non-hydrogen) atoms. The summed E-state index contributed by atoms with van der Waals surface area (Å²) in [6.07, 6.45) is 17.6. The molecule has 0 bridgehead atoms. The number of carbonyl (C=O) groups is 4. The lowest BCUT2D eigenvalue weighted by molar-refractivity contribution is -0.138. The number of fused-ring (bicyclic) bond motifs is 1. The highest BCUT2D eigenvalue weighted by Gasteiger charge is 2.10. The normalized spacial score (nSPS) is 10.3. The third kappa shape index (κ3) is 19.5. The number of carbonyl (C=O) groups excluding carboxylic acids is 4. The van der Waals surface area contributed by atoms with Gasteiger partial charge in [-0.25, -0.2) is 19.2 Å². The summed E-state index contributed by atoms with van der Waals surface area (Å²) in [6, 6.07) is 26.0. The van der Waals surface area contributed by atoms with Crippen LogP contribution in [0, 0.1) is 0 Å². The topological polar surface area (TPSA) is 124 Å². The summed E-state index contributed by atoms with van der Waals surface area (Å²) >= 11 is 0. The molecule has 0 fully saturated rings. The van der Waals surface area contributed by atoms with Gasteiger partial charge in [0, 0.05) is 31.1 Å². The van der Waals surface area contributed by atoms with Crippen molar-refractivity contribution >= 4 is 34.6 Å². The third-order valence-electron chi connectivity index (χ3n) is 9.15. The summed E-state index contributed by atoms with van der Waals surface area (Å²) in [7, 11) is 0. The number of benzene rings is 4. The smallest absolute Gasteiger partial charge is 0.343 e. The minimum atomic E-state index is -0.464. The molecular weight excluding hydrogens is 761 g/mol. The monoisotopic (exact) mass is 820 g/mol. The highest BCUT2D eigenvalue weighted by molar-refractivity contribution is 5.92. The van der Waals surface area contributed by atoms with Crippen molar-refractivity contribution in [3.05, 3.63) is 128 Å². The Kier molecular flexibility index (Phi) is 23.4. The highest BCUT2D eigenvalue weighted by Crippen LogP contribution is 2.28. The molecule has 10 nitrogen and oxygen atoms in total. The quantitative estimate of drug-likeness (QED) is 0.0189. The van der Waals surface area contributed by atoms with Crippen molar-refractivity contribution in [3.63, 3.8) is 0 Å². The zero-order chi connectivity index (χ0) is 43.2. The van der Waals surface area contributed by atoms with Crippen LogP contribution >= 0.6 is 0 Å². The summed E-state index contributed by atoms with van der Waals surface area (Å²) in [6.45, 7) is 14.2. The molecule has 4 aromatic rings. The van der Waals surface area contributed by atoms with Crippen LogP contribution in [0.3, 0.4) is 0 Å². The van der Waals surface area contributed by atoms with Crippen molar-refractivity contribution in [1.29, 1.82) is 0 Å². The minimum absolute atomic E-state index is 0.247. The van der Waals surface area contributed by atoms with E-state index >= 15 is 0 Å². The fraction of sp³-hybridized carbons (Fsp3) is 0.360. The summed E-state index contributed by atoms with van der Waals surface area (Å²) in [5.41, 5.74) is 2.41. The Bertz CT molecular complexity index is 1930. The second kappa shape index (κ2) is 29.1. The number of ether oxygens (including phenoxy) is 6. The lowest BCUT2D eigenvalue weighted by Crippen LogP contribution is -2.08. The van der Waals surface area contributed by atoms with E-state index in [1.807, 2.05) is 42.5 Å².